The molecule has 0 fully saturated rings. The molecule has 0 saturated heterocycles. The van der Waals surface area contributed by atoms with Crippen molar-refractivity contribution in [2.24, 2.45) is 0 Å². The summed E-state index contributed by atoms with van der Waals surface area (Å²) in [5.41, 5.74) is 0.807. The summed E-state index contributed by atoms with van der Waals surface area (Å²) in [5.74, 6) is -1.76. The first-order valence-corrected chi connectivity index (χ1v) is 6.12. The van der Waals surface area contributed by atoms with Gasteiger partial charge in [-0.05, 0) is 12.1 Å². The Kier molecular flexibility index (Phi) is 4.27. The van der Waals surface area contributed by atoms with E-state index in [0.717, 1.165) is 5.39 Å². The van der Waals surface area contributed by atoms with Gasteiger partial charge in [-0.15, -0.1) is 0 Å². The Labute approximate surface area is 115 Å². The van der Waals surface area contributed by atoms with Crippen LogP contribution in [-0.4, -0.2) is 39.7 Å². The van der Waals surface area contributed by atoms with Crippen LogP contribution in [0.3, 0.4) is 0 Å². The first kappa shape index (κ1) is 14.0. The smallest absolute Gasteiger partial charge is 0.326 e. The van der Waals surface area contributed by atoms with Crippen LogP contribution in [0.4, 0.5) is 0 Å². The van der Waals surface area contributed by atoms with Gasteiger partial charge in [0.15, 0.2) is 0 Å². The van der Waals surface area contributed by atoms with E-state index >= 15 is 0 Å². The highest BCUT2D eigenvalue weighted by molar-refractivity contribution is 5.96. The van der Waals surface area contributed by atoms with Crippen molar-refractivity contribution in [2.75, 3.05) is 6.61 Å². The first-order chi connectivity index (χ1) is 9.61. The second-order valence-electron chi connectivity index (χ2n) is 4.27. The Balaban J connectivity index is 2.20. The maximum absolute atomic E-state index is 12.0. The number of hydrogen-bond donors (Lipinski definition) is 3. The van der Waals surface area contributed by atoms with Crippen LogP contribution in [0.2, 0.25) is 0 Å². The van der Waals surface area contributed by atoms with Crippen LogP contribution in [0.25, 0.3) is 10.9 Å². The average molecular weight is 274 g/mol. The summed E-state index contributed by atoms with van der Waals surface area (Å²) in [5, 5.41) is 20.9. The van der Waals surface area contributed by atoms with E-state index in [9.17, 15) is 9.59 Å². The number of aliphatic carboxylic acids is 1. The van der Waals surface area contributed by atoms with Gasteiger partial charge in [-0.1, -0.05) is 24.3 Å². The lowest BCUT2D eigenvalue weighted by Gasteiger charge is -2.12. The molecule has 6 heteroatoms. The number of carbonyl (C=O) groups is 2. The number of rotatable bonds is 5. The molecule has 6 nitrogen and oxygen atoms in total. The molecule has 0 saturated carbocycles. The number of amides is 1. The van der Waals surface area contributed by atoms with Crippen molar-refractivity contribution in [2.45, 2.75) is 12.5 Å². The van der Waals surface area contributed by atoms with Crippen molar-refractivity contribution in [3.63, 3.8) is 0 Å². The Morgan fingerprint density at radius 2 is 1.95 bits per heavy atom. The SMILES string of the molecule is O=C(N[C@H](CCO)C(=O)O)c1ccc2ccccc2n1. The Morgan fingerprint density at radius 1 is 1.20 bits per heavy atom. The number of nitrogens with one attached hydrogen (secondary N) is 1. The van der Waals surface area contributed by atoms with Crippen molar-refractivity contribution in [3.05, 3.63) is 42.1 Å². The highest BCUT2D eigenvalue weighted by Crippen LogP contribution is 2.11. The molecule has 1 amide bonds. The van der Waals surface area contributed by atoms with Gasteiger partial charge in [0.05, 0.1) is 5.52 Å². The molecule has 1 aromatic heterocycles. The molecule has 1 heterocycles. The third-order valence-electron chi connectivity index (χ3n) is 2.85. The number of carbonyl (C=O) groups excluding carboxylic acids is 1. The molecule has 2 aromatic rings. The number of aliphatic hydroxyl groups excluding tert-OH is 1. The van der Waals surface area contributed by atoms with Crippen LogP contribution in [0.1, 0.15) is 16.9 Å². The number of hydrogen-bond acceptors (Lipinski definition) is 4. The predicted molar refractivity (Wildman–Crippen MR) is 72.3 cm³/mol. The number of carboxylic acid groups (broad SMARTS) is 1. The van der Waals surface area contributed by atoms with Crippen LogP contribution in [-0.2, 0) is 4.79 Å². The first-order valence-electron chi connectivity index (χ1n) is 6.12. The van der Waals surface area contributed by atoms with Gasteiger partial charge in [0.1, 0.15) is 11.7 Å². The molecule has 20 heavy (non-hydrogen) atoms. The molecule has 3 N–H and O–H groups in total. The summed E-state index contributed by atoms with van der Waals surface area (Å²) in [4.78, 5) is 27.1. The lowest BCUT2D eigenvalue weighted by atomic mass is 10.2. The zero-order chi connectivity index (χ0) is 14.5. The number of aliphatic hydroxyl groups is 1. The number of aromatic nitrogens is 1. The summed E-state index contributed by atoms with van der Waals surface area (Å²) in [6, 6.07) is 9.48. The maximum atomic E-state index is 12.0. The van der Waals surface area contributed by atoms with E-state index in [-0.39, 0.29) is 18.7 Å². The molecule has 1 atom stereocenters. The van der Waals surface area contributed by atoms with Gasteiger partial charge in [0.25, 0.3) is 5.91 Å². The average Bonchev–Trinajstić information content (AvgIpc) is 2.46. The molecule has 2 rings (SSSR count). The minimum atomic E-state index is -1.19. The van der Waals surface area contributed by atoms with E-state index in [1.807, 2.05) is 18.2 Å². The molecule has 104 valence electrons. The molecule has 1 aromatic carbocycles. The summed E-state index contributed by atoms with van der Waals surface area (Å²) in [6.07, 6.45) is -0.0470. The van der Waals surface area contributed by atoms with Gasteiger partial charge in [-0.3, -0.25) is 4.79 Å². The minimum absolute atomic E-state index is 0.0470. The van der Waals surface area contributed by atoms with Crippen LogP contribution in [0.15, 0.2) is 36.4 Å². The molecule has 0 unspecified atom stereocenters. The minimum Gasteiger partial charge on any atom is -0.480 e. The highest BCUT2D eigenvalue weighted by Gasteiger charge is 2.20. The van der Waals surface area contributed by atoms with Crippen LogP contribution < -0.4 is 5.32 Å². The van der Waals surface area contributed by atoms with Gasteiger partial charge in [0, 0.05) is 18.4 Å². The second kappa shape index (κ2) is 6.12. The number of carboxylic acids is 1. The molecule has 0 bridgehead atoms. The maximum Gasteiger partial charge on any atom is 0.326 e. The fraction of sp³-hybridized carbons (Fsp3) is 0.214. The third kappa shape index (κ3) is 3.10. The molecule has 0 aliphatic carbocycles. The zero-order valence-electron chi connectivity index (χ0n) is 10.6. The van der Waals surface area contributed by atoms with Gasteiger partial charge in [0.2, 0.25) is 0 Å². The highest BCUT2D eigenvalue weighted by atomic mass is 16.4. The third-order valence-corrected chi connectivity index (χ3v) is 2.85. The zero-order valence-corrected chi connectivity index (χ0v) is 10.6. The number of pyridine rings is 1. The molecule has 0 radical (unpaired) electrons. The van der Waals surface area contributed by atoms with E-state index in [1.165, 1.54) is 6.07 Å². The van der Waals surface area contributed by atoms with Crippen LogP contribution in [0.5, 0.6) is 0 Å². The molecular weight excluding hydrogens is 260 g/mol. The Morgan fingerprint density at radius 3 is 2.65 bits per heavy atom. The standard InChI is InChI=1S/C14H14N2O4/c17-8-7-12(14(19)20)16-13(18)11-6-5-9-3-1-2-4-10(9)15-11/h1-6,12,17H,7-8H2,(H,16,18)(H,19,20)/t12-/m1/s1. The van der Waals surface area contributed by atoms with Crippen molar-refractivity contribution in [1.29, 1.82) is 0 Å². The van der Waals surface area contributed by atoms with E-state index < -0.39 is 17.9 Å². The summed E-state index contributed by atoms with van der Waals surface area (Å²) in [6.45, 7) is -0.317. The lowest BCUT2D eigenvalue weighted by Crippen LogP contribution is -2.41. The van der Waals surface area contributed by atoms with Gasteiger partial charge in [-0.2, -0.15) is 0 Å². The molecular formula is C14H14N2O4. The number of fused-ring (bicyclic) bond motifs is 1. The van der Waals surface area contributed by atoms with E-state index in [1.54, 1.807) is 12.1 Å². The topological polar surface area (TPSA) is 99.5 Å². The number of para-hydroxylation sites is 1. The Hall–Kier alpha value is -2.47. The summed E-state index contributed by atoms with van der Waals surface area (Å²) < 4.78 is 0. The number of benzene rings is 1. The van der Waals surface area contributed by atoms with Gasteiger partial charge in [-0.25, -0.2) is 9.78 Å². The van der Waals surface area contributed by atoms with Crippen molar-refractivity contribution < 1.29 is 19.8 Å². The van der Waals surface area contributed by atoms with E-state index in [2.05, 4.69) is 10.3 Å². The normalized spacial score (nSPS) is 12.1. The monoisotopic (exact) mass is 274 g/mol. The molecule has 0 aliphatic heterocycles. The molecule has 0 aliphatic rings. The van der Waals surface area contributed by atoms with Gasteiger partial charge < -0.3 is 15.5 Å². The van der Waals surface area contributed by atoms with Crippen molar-refractivity contribution >= 4 is 22.8 Å². The second-order valence-corrected chi connectivity index (χ2v) is 4.27. The quantitative estimate of drug-likeness (QED) is 0.749. The Bertz CT molecular complexity index is 642. The van der Waals surface area contributed by atoms with Crippen LogP contribution in [0, 0.1) is 0 Å². The lowest BCUT2D eigenvalue weighted by molar-refractivity contribution is -0.139. The van der Waals surface area contributed by atoms with E-state index in [4.69, 9.17) is 10.2 Å². The van der Waals surface area contributed by atoms with E-state index in [0.29, 0.717) is 5.52 Å². The number of nitrogens with zero attached hydrogens (tertiary/aromatic N) is 1. The fourth-order valence-electron chi connectivity index (χ4n) is 1.81. The fourth-order valence-corrected chi connectivity index (χ4v) is 1.81. The summed E-state index contributed by atoms with van der Waals surface area (Å²) in [7, 11) is 0. The van der Waals surface area contributed by atoms with Crippen molar-refractivity contribution in [1.82, 2.24) is 10.3 Å². The largest absolute Gasteiger partial charge is 0.480 e. The molecule has 0 spiro atoms. The predicted octanol–water partition coefficient (Wildman–Crippen LogP) is 0.800. The van der Waals surface area contributed by atoms with Gasteiger partial charge >= 0.3 is 5.97 Å². The van der Waals surface area contributed by atoms with Crippen LogP contribution >= 0.6 is 0 Å². The summed E-state index contributed by atoms with van der Waals surface area (Å²) >= 11 is 0. The van der Waals surface area contributed by atoms with Crippen molar-refractivity contribution in [3.8, 4) is 0 Å².